The van der Waals surface area contributed by atoms with E-state index in [0.29, 0.717) is 35.3 Å². The summed E-state index contributed by atoms with van der Waals surface area (Å²) in [6.07, 6.45) is 2.57. The molecule has 1 aliphatic heterocycles. The van der Waals surface area contributed by atoms with Crippen molar-refractivity contribution in [1.82, 2.24) is 14.5 Å². The van der Waals surface area contributed by atoms with Gasteiger partial charge >= 0.3 is 0 Å². The Labute approximate surface area is 183 Å². The molecule has 1 fully saturated rings. The average molecular weight is 445 g/mol. The Morgan fingerprint density at radius 2 is 2.19 bits per heavy atom. The first-order valence-electron chi connectivity index (χ1n) is 9.95. The van der Waals surface area contributed by atoms with E-state index in [4.69, 9.17) is 16.3 Å². The molecule has 0 saturated carbocycles. The Morgan fingerprint density at radius 3 is 2.94 bits per heavy atom. The van der Waals surface area contributed by atoms with Gasteiger partial charge in [-0.2, -0.15) is 0 Å². The van der Waals surface area contributed by atoms with Crippen LogP contribution in [0.5, 0.6) is 0 Å². The van der Waals surface area contributed by atoms with Crippen molar-refractivity contribution in [2.45, 2.75) is 24.7 Å². The van der Waals surface area contributed by atoms with Crippen molar-refractivity contribution in [2.75, 3.05) is 25.1 Å². The zero-order chi connectivity index (χ0) is 21.8. The van der Waals surface area contributed by atoms with Crippen molar-refractivity contribution in [3.8, 4) is 11.3 Å². The molecule has 0 spiro atoms. The highest BCUT2D eigenvalue weighted by Gasteiger charge is 2.26. The number of pyridine rings is 1. The molecule has 3 aromatic rings. The molecule has 2 aromatic heterocycles. The van der Waals surface area contributed by atoms with Gasteiger partial charge in [-0.25, -0.2) is 14.4 Å². The largest absolute Gasteiger partial charge is 0.394 e. The number of anilines is 1. The molecule has 3 atom stereocenters. The van der Waals surface area contributed by atoms with Crippen molar-refractivity contribution < 1.29 is 14.2 Å². The van der Waals surface area contributed by atoms with Gasteiger partial charge in [0.05, 0.1) is 31.0 Å². The zero-order valence-corrected chi connectivity index (χ0v) is 17.4. The topological polar surface area (TPSA) is 89.3 Å². The molecule has 0 aliphatic carbocycles. The SMILES string of the molecule is O=c1cc(-c2ccnc(N[C@H]3CCOC[C@H]3F)n2)ccn1[C@H](CO)c1cccc(Cl)c1. The van der Waals surface area contributed by atoms with E-state index in [1.807, 2.05) is 6.07 Å². The van der Waals surface area contributed by atoms with Gasteiger partial charge in [0.2, 0.25) is 5.95 Å². The Kier molecular flexibility index (Phi) is 6.60. The number of hydrogen-bond donors (Lipinski definition) is 2. The second kappa shape index (κ2) is 9.55. The minimum absolute atomic E-state index is 0.0498. The molecule has 4 rings (SSSR count). The highest BCUT2D eigenvalue weighted by atomic mass is 35.5. The van der Waals surface area contributed by atoms with Crippen LogP contribution in [0.15, 0.2) is 59.7 Å². The first-order chi connectivity index (χ1) is 15.0. The summed E-state index contributed by atoms with van der Waals surface area (Å²) < 4.78 is 20.6. The third-order valence-corrected chi connectivity index (χ3v) is 5.48. The molecule has 1 aliphatic rings. The lowest BCUT2D eigenvalue weighted by Gasteiger charge is -2.26. The van der Waals surface area contributed by atoms with Crippen LogP contribution in [0.25, 0.3) is 11.3 Å². The number of benzene rings is 1. The van der Waals surface area contributed by atoms with E-state index in [1.165, 1.54) is 10.6 Å². The van der Waals surface area contributed by atoms with E-state index in [9.17, 15) is 14.3 Å². The van der Waals surface area contributed by atoms with E-state index >= 15 is 0 Å². The third kappa shape index (κ3) is 4.92. The Morgan fingerprint density at radius 1 is 1.32 bits per heavy atom. The van der Waals surface area contributed by atoms with Gasteiger partial charge in [0.25, 0.3) is 5.56 Å². The fourth-order valence-electron chi connectivity index (χ4n) is 3.60. The van der Waals surface area contributed by atoms with E-state index in [-0.39, 0.29) is 18.8 Å². The quantitative estimate of drug-likeness (QED) is 0.607. The molecule has 0 bridgehead atoms. The Bertz CT molecular complexity index is 1110. The predicted molar refractivity (Wildman–Crippen MR) is 116 cm³/mol. The molecule has 0 amide bonds. The predicted octanol–water partition coefficient (Wildman–Crippen LogP) is 3.08. The van der Waals surface area contributed by atoms with Gasteiger partial charge < -0.3 is 19.7 Å². The fourth-order valence-corrected chi connectivity index (χ4v) is 3.79. The first kappa shape index (κ1) is 21.4. The number of nitrogens with one attached hydrogen (secondary N) is 1. The van der Waals surface area contributed by atoms with Gasteiger partial charge in [-0.15, -0.1) is 0 Å². The van der Waals surface area contributed by atoms with Crippen molar-refractivity contribution in [3.05, 3.63) is 75.8 Å². The highest BCUT2D eigenvalue weighted by molar-refractivity contribution is 6.30. The standard InChI is InChI=1S/C22H22ClFN4O3/c23-16-3-1-2-15(10-16)20(12-29)28-8-5-14(11-21(28)30)18-4-7-25-22(26-18)27-19-6-9-31-13-17(19)24/h1-5,7-8,10-11,17,19-20,29H,6,9,12-13H2,(H,25,26,27)/t17-,19+,20-/m1/s1. The van der Waals surface area contributed by atoms with Crippen LogP contribution in [-0.2, 0) is 4.74 Å². The number of alkyl halides is 1. The summed E-state index contributed by atoms with van der Waals surface area (Å²) in [4.78, 5) is 21.4. The lowest BCUT2D eigenvalue weighted by atomic mass is 10.1. The number of aromatic nitrogens is 3. The van der Waals surface area contributed by atoms with Crippen molar-refractivity contribution in [2.24, 2.45) is 0 Å². The second-order valence-corrected chi connectivity index (χ2v) is 7.75. The molecular weight excluding hydrogens is 423 g/mol. The monoisotopic (exact) mass is 444 g/mol. The van der Waals surface area contributed by atoms with Crippen LogP contribution >= 0.6 is 11.6 Å². The molecule has 3 heterocycles. The van der Waals surface area contributed by atoms with Gasteiger partial charge in [-0.05, 0) is 36.2 Å². The third-order valence-electron chi connectivity index (χ3n) is 5.24. The summed E-state index contributed by atoms with van der Waals surface area (Å²) in [5.74, 6) is 0.295. The van der Waals surface area contributed by atoms with E-state index in [1.54, 1.807) is 42.7 Å². The van der Waals surface area contributed by atoms with Crippen molar-refractivity contribution in [1.29, 1.82) is 0 Å². The lowest BCUT2D eigenvalue weighted by Crippen LogP contribution is -2.39. The van der Waals surface area contributed by atoms with E-state index in [2.05, 4.69) is 15.3 Å². The molecule has 0 unspecified atom stereocenters. The van der Waals surface area contributed by atoms with E-state index < -0.39 is 18.3 Å². The summed E-state index contributed by atoms with van der Waals surface area (Å²) in [7, 11) is 0. The average Bonchev–Trinajstić information content (AvgIpc) is 2.77. The Hall–Kier alpha value is -2.81. The van der Waals surface area contributed by atoms with Gasteiger partial charge in [-0.1, -0.05) is 23.7 Å². The highest BCUT2D eigenvalue weighted by Crippen LogP contribution is 2.22. The molecule has 7 nitrogen and oxygen atoms in total. The van der Waals surface area contributed by atoms with E-state index in [0.717, 1.165) is 5.56 Å². The minimum atomic E-state index is -1.13. The maximum Gasteiger partial charge on any atom is 0.251 e. The lowest BCUT2D eigenvalue weighted by molar-refractivity contribution is 0.0284. The maximum atomic E-state index is 14.0. The molecule has 2 N–H and O–H groups in total. The van der Waals surface area contributed by atoms with Crippen LogP contribution < -0.4 is 10.9 Å². The normalized spacial score (nSPS) is 19.7. The molecule has 1 aromatic carbocycles. The van der Waals surface area contributed by atoms with Gasteiger partial charge in [-0.3, -0.25) is 4.79 Å². The van der Waals surface area contributed by atoms with Crippen LogP contribution in [0.2, 0.25) is 5.02 Å². The summed E-state index contributed by atoms with van der Waals surface area (Å²) in [6, 6.07) is 10.9. The number of aliphatic hydroxyl groups excluding tert-OH is 1. The molecule has 0 radical (unpaired) electrons. The van der Waals surface area contributed by atoms with Crippen molar-refractivity contribution >= 4 is 17.5 Å². The van der Waals surface area contributed by atoms with Gasteiger partial charge in [0.1, 0.15) is 6.17 Å². The molecule has 162 valence electrons. The van der Waals surface area contributed by atoms with Crippen LogP contribution in [0.1, 0.15) is 18.0 Å². The minimum Gasteiger partial charge on any atom is -0.394 e. The van der Waals surface area contributed by atoms with Crippen LogP contribution in [0.4, 0.5) is 10.3 Å². The number of rotatable bonds is 6. The first-order valence-corrected chi connectivity index (χ1v) is 10.3. The number of hydrogen-bond acceptors (Lipinski definition) is 6. The number of ether oxygens (including phenoxy) is 1. The van der Waals surface area contributed by atoms with Crippen LogP contribution in [0.3, 0.4) is 0 Å². The van der Waals surface area contributed by atoms with Gasteiger partial charge in [0.15, 0.2) is 0 Å². The summed E-state index contributed by atoms with van der Waals surface area (Å²) in [6.45, 7) is 0.277. The summed E-state index contributed by atoms with van der Waals surface area (Å²) in [5, 5.41) is 13.4. The summed E-state index contributed by atoms with van der Waals surface area (Å²) in [5.41, 5.74) is 1.57. The number of nitrogens with zero attached hydrogens (tertiary/aromatic N) is 3. The number of aliphatic hydroxyl groups is 1. The molecular formula is C22H22ClFN4O3. The number of halogens is 2. The molecule has 9 heteroatoms. The van der Waals surface area contributed by atoms with Gasteiger partial charge in [0, 0.05) is 35.7 Å². The zero-order valence-electron chi connectivity index (χ0n) is 16.6. The molecule has 31 heavy (non-hydrogen) atoms. The van der Waals surface area contributed by atoms with Crippen molar-refractivity contribution in [3.63, 3.8) is 0 Å². The summed E-state index contributed by atoms with van der Waals surface area (Å²) >= 11 is 6.05. The smallest absolute Gasteiger partial charge is 0.251 e. The Balaban J connectivity index is 1.58. The van der Waals surface area contributed by atoms with Crippen LogP contribution in [0, 0.1) is 0 Å². The van der Waals surface area contributed by atoms with Crippen LogP contribution in [-0.4, -0.2) is 51.7 Å². The maximum absolute atomic E-state index is 14.0. The fraction of sp³-hybridized carbons (Fsp3) is 0.318. The second-order valence-electron chi connectivity index (χ2n) is 7.31. The molecule has 1 saturated heterocycles.